The summed E-state index contributed by atoms with van der Waals surface area (Å²) in [4.78, 5) is 13.4. The van der Waals surface area contributed by atoms with Crippen molar-refractivity contribution in [2.45, 2.75) is 27.2 Å². The zero-order valence-electron chi connectivity index (χ0n) is 10.5. The lowest BCUT2D eigenvalue weighted by Gasteiger charge is -2.08. The van der Waals surface area contributed by atoms with Gasteiger partial charge in [-0.15, -0.1) is 11.3 Å². The number of anilines is 1. The maximum absolute atomic E-state index is 4.50. The SMILES string of the molecule is CNc1nc(Cc2nc(C)cs2)nc(C)c1C. The molecule has 2 aromatic heterocycles. The van der Waals surface area contributed by atoms with Crippen LogP contribution in [-0.2, 0) is 6.42 Å². The predicted octanol–water partition coefficient (Wildman–Crippen LogP) is 2.49. The molecule has 0 bridgehead atoms. The second-order valence-electron chi connectivity index (χ2n) is 4.01. The van der Waals surface area contributed by atoms with Crippen LogP contribution in [0.3, 0.4) is 0 Å². The molecule has 2 aromatic rings. The second-order valence-corrected chi connectivity index (χ2v) is 4.95. The molecular weight excluding hydrogens is 232 g/mol. The Labute approximate surface area is 105 Å². The van der Waals surface area contributed by atoms with Gasteiger partial charge < -0.3 is 5.32 Å². The third-order valence-electron chi connectivity index (χ3n) is 2.65. The Hall–Kier alpha value is -1.49. The molecule has 2 heterocycles. The number of aromatic nitrogens is 3. The maximum atomic E-state index is 4.50. The molecule has 0 saturated carbocycles. The fraction of sp³-hybridized carbons (Fsp3) is 0.417. The topological polar surface area (TPSA) is 50.7 Å². The van der Waals surface area contributed by atoms with Crippen LogP contribution in [0, 0.1) is 20.8 Å². The molecule has 90 valence electrons. The van der Waals surface area contributed by atoms with E-state index in [1.807, 2.05) is 27.8 Å². The predicted molar refractivity (Wildman–Crippen MR) is 70.7 cm³/mol. The highest BCUT2D eigenvalue weighted by atomic mass is 32.1. The normalized spacial score (nSPS) is 10.6. The van der Waals surface area contributed by atoms with Gasteiger partial charge in [-0.25, -0.2) is 15.0 Å². The molecule has 0 aromatic carbocycles. The number of aryl methyl sites for hydroxylation is 2. The average molecular weight is 248 g/mol. The van der Waals surface area contributed by atoms with Crippen LogP contribution in [-0.4, -0.2) is 22.0 Å². The minimum absolute atomic E-state index is 0.703. The molecule has 0 aliphatic heterocycles. The summed E-state index contributed by atoms with van der Waals surface area (Å²) in [5.74, 6) is 1.73. The van der Waals surface area contributed by atoms with Gasteiger partial charge in [0.25, 0.3) is 0 Å². The van der Waals surface area contributed by atoms with Crippen LogP contribution < -0.4 is 5.32 Å². The number of thiazole rings is 1. The van der Waals surface area contributed by atoms with Gasteiger partial charge in [-0.05, 0) is 20.8 Å². The Balaban J connectivity index is 2.30. The Kier molecular flexibility index (Phi) is 3.38. The molecule has 0 aliphatic rings. The van der Waals surface area contributed by atoms with Crippen molar-refractivity contribution in [2.75, 3.05) is 12.4 Å². The largest absolute Gasteiger partial charge is 0.373 e. The van der Waals surface area contributed by atoms with Gasteiger partial charge in [-0.1, -0.05) is 0 Å². The second kappa shape index (κ2) is 4.79. The van der Waals surface area contributed by atoms with Gasteiger partial charge in [0.15, 0.2) is 0 Å². The molecule has 0 radical (unpaired) electrons. The summed E-state index contributed by atoms with van der Waals surface area (Å²) >= 11 is 1.66. The minimum Gasteiger partial charge on any atom is -0.373 e. The van der Waals surface area contributed by atoms with Crippen molar-refractivity contribution >= 4 is 17.2 Å². The van der Waals surface area contributed by atoms with Gasteiger partial charge in [0.1, 0.15) is 16.6 Å². The Morgan fingerprint density at radius 3 is 2.53 bits per heavy atom. The Morgan fingerprint density at radius 1 is 1.18 bits per heavy atom. The first-order valence-corrected chi connectivity index (χ1v) is 6.41. The van der Waals surface area contributed by atoms with Crippen LogP contribution in [0.4, 0.5) is 5.82 Å². The first-order chi connectivity index (χ1) is 8.10. The third kappa shape index (κ3) is 2.61. The molecule has 2 rings (SSSR count). The number of hydrogen-bond donors (Lipinski definition) is 1. The first kappa shape index (κ1) is 12.0. The highest BCUT2D eigenvalue weighted by molar-refractivity contribution is 7.09. The monoisotopic (exact) mass is 248 g/mol. The Morgan fingerprint density at radius 2 is 1.94 bits per heavy atom. The summed E-state index contributed by atoms with van der Waals surface area (Å²) in [6, 6.07) is 0. The van der Waals surface area contributed by atoms with Gasteiger partial charge >= 0.3 is 0 Å². The van der Waals surface area contributed by atoms with Crippen molar-refractivity contribution in [3.05, 3.63) is 33.2 Å². The zero-order valence-corrected chi connectivity index (χ0v) is 11.4. The number of hydrogen-bond acceptors (Lipinski definition) is 5. The summed E-state index contributed by atoms with van der Waals surface area (Å²) < 4.78 is 0. The molecule has 0 amide bonds. The van der Waals surface area contributed by atoms with Crippen molar-refractivity contribution in [1.82, 2.24) is 15.0 Å². The van der Waals surface area contributed by atoms with E-state index in [1.54, 1.807) is 11.3 Å². The third-order valence-corrected chi connectivity index (χ3v) is 3.61. The molecule has 1 N–H and O–H groups in total. The first-order valence-electron chi connectivity index (χ1n) is 5.53. The summed E-state index contributed by atoms with van der Waals surface area (Å²) in [5, 5.41) is 6.21. The quantitative estimate of drug-likeness (QED) is 0.906. The smallest absolute Gasteiger partial charge is 0.137 e. The van der Waals surface area contributed by atoms with E-state index in [2.05, 4.69) is 25.6 Å². The number of nitrogens with zero attached hydrogens (tertiary/aromatic N) is 3. The van der Waals surface area contributed by atoms with Crippen LogP contribution in [0.1, 0.15) is 27.8 Å². The lowest BCUT2D eigenvalue weighted by atomic mass is 10.2. The van der Waals surface area contributed by atoms with Gasteiger partial charge in [0.05, 0.1) is 6.42 Å². The fourth-order valence-electron chi connectivity index (χ4n) is 1.63. The summed E-state index contributed by atoms with van der Waals surface area (Å²) in [7, 11) is 1.88. The maximum Gasteiger partial charge on any atom is 0.137 e. The van der Waals surface area contributed by atoms with Crippen LogP contribution >= 0.6 is 11.3 Å². The lowest BCUT2D eigenvalue weighted by molar-refractivity contribution is 0.919. The minimum atomic E-state index is 0.703. The number of rotatable bonds is 3. The van der Waals surface area contributed by atoms with Crippen LogP contribution in [0.5, 0.6) is 0 Å². The summed E-state index contributed by atoms with van der Waals surface area (Å²) in [6.45, 7) is 6.03. The lowest BCUT2D eigenvalue weighted by Crippen LogP contribution is -2.05. The summed E-state index contributed by atoms with van der Waals surface area (Å²) in [5.41, 5.74) is 3.18. The van der Waals surface area contributed by atoms with E-state index in [0.29, 0.717) is 6.42 Å². The van der Waals surface area contributed by atoms with E-state index >= 15 is 0 Å². The van der Waals surface area contributed by atoms with Gasteiger partial charge in [0.2, 0.25) is 0 Å². The van der Waals surface area contributed by atoms with E-state index in [-0.39, 0.29) is 0 Å². The van der Waals surface area contributed by atoms with Crippen LogP contribution in [0.25, 0.3) is 0 Å². The van der Waals surface area contributed by atoms with E-state index in [4.69, 9.17) is 0 Å². The van der Waals surface area contributed by atoms with Gasteiger partial charge in [0, 0.05) is 29.4 Å². The van der Waals surface area contributed by atoms with Gasteiger partial charge in [-0.2, -0.15) is 0 Å². The van der Waals surface area contributed by atoms with Crippen molar-refractivity contribution in [1.29, 1.82) is 0 Å². The summed E-state index contributed by atoms with van der Waals surface area (Å²) in [6.07, 6.45) is 0.703. The average Bonchev–Trinajstić information content (AvgIpc) is 2.69. The fourth-order valence-corrected chi connectivity index (χ4v) is 2.40. The van der Waals surface area contributed by atoms with Crippen LogP contribution in [0.15, 0.2) is 5.38 Å². The molecule has 4 nitrogen and oxygen atoms in total. The van der Waals surface area contributed by atoms with Crippen molar-refractivity contribution in [3.8, 4) is 0 Å². The van der Waals surface area contributed by atoms with E-state index in [0.717, 1.165) is 33.6 Å². The molecule has 0 atom stereocenters. The standard InChI is InChI=1S/C12H16N4S/c1-7-6-17-11(14-7)5-10-15-9(3)8(2)12(13-4)16-10/h6H,5H2,1-4H3,(H,13,15,16). The highest BCUT2D eigenvalue weighted by Gasteiger charge is 2.09. The highest BCUT2D eigenvalue weighted by Crippen LogP contribution is 2.17. The van der Waals surface area contributed by atoms with Crippen molar-refractivity contribution in [2.24, 2.45) is 0 Å². The molecule has 0 spiro atoms. The molecule has 0 unspecified atom stereocenters. The van der Waals surface area contributed by atoms with E-state index in [9.17, 15) is 0 Å². The Bertz CT molecular complexity index is 533. The molecule has 5 heteroatoms. The zero-order chi connectivity index (χ0) is 12.4. The van der Waals surface area contributed by atoms with Gasteiger partial charge in [-0.3, -0.25) is 0 Å². The molecule has 0 aliphatic carbocycles. The molecular formula is C12H16N4S. The molecule has 17 heavy (non-hydrogen) atoms. The molecule has 0 saturated heterocycles. The van der Waals surface area contributed by atoms with E-state index in [1.165, 1.54) is 0 Å². The van der Waals surface area contributed by atoms with Crippen LogP contribution in [0.2, 0.25) is 0 Å². The van der Waals surface area contributed by atoms with E-state index < -0.39 is 0 Å². The van der Waals surface area contributed by atoms with Crippen molar-refractivity contribution in [3.63, 3.8) is 0 Å². The molecule has 0 fully saturated rings. The van der Waals surface area contributed by atoms with Crippen molar-refractivity contribution < 1.29 is 0 Å². The number of nitrogens with one attached hydrogen (secondary N) is 1.